The van der Waals surface area contributed by atoms with Gasteiger partial charge in [0.05, 0.1) is 7.11 Å². The van der Waals surface area contributed by atoms with Crippen LogP contribution in [-0.2, 0) is 4.79 Å². The number of nitrogens with zero attached hydrogens (tertiary/aromatic N) is 1. The van der Waals surface area contributed by atoms with Crippen molar-refractivity contribution < 1.29 is 19.1 Å². The van der Waals surface area contributed by atoms with Crippen LogP contribution in [0.3, 0.4) is 0 Å². The van der Waals surface area contributed by atoms with Crippen LogP contribution in [0, 0.1) is 0 Å². The Morgan fingerprint density at radius 3 is 2.06 bits per heavy atom. The Kier molecular flexibility index (Phi) is 6.55. The van der Waals surface area contributed by atoms with Gasteiger partial charge in [0.25, 0.3) is 0 Å². The monoisotopic (exact) mass is 431 g/mol. The highest BCUT2D eigenvalue weighted by Crippen LogP contribution is 2.25. The first-order chi connectivity index (χ1) is 15.6. The highest BCUT2D eigenvalue weighted by atomic mass is 16.5. The fourth-order valence-corrected chi connectivity index (χ4v) is 3.61. The van der Waals surface area contributed by atoms with Gasteiger partial charge in [0.1, 0.15) is 23.3 Å². The SMILES string of the molecule is COc1ccc(NC(=O)N2CCCC2C(=O)Nc2ccc(Oc3ccccc3)cc2)cc1. The van der Waals surface area contributed by atoms with Crippen LogP contribution in [0.5, 0.6) is 17.2 Å². The lowest BCUT2D eigenvalue weighted by Gasteiger charge is -2.24. The Balaban J connectivity index is 1.35. The molecule has 1 atom stereocenters. The summed E-state index contributed by atoms with van der Waals surface area (Å²) < 4.78 is 10.9. The molecule has 7 heteroatoms. The van der Waals surface area contributed by atoms with Crippen LogP contribution in [0.4, 0.5) is 16.2 Å². The quantitative estimate of drug-likeness (QED) is 0.568. The number of para-hydroxylation sites is 1. The molecular weight excluding hydrogens is 406 g/mol. The molecule has 1 aliphatic rings. The van der Waals surface area contributed by atoms with Gasteiger partial charge in [-0.15, -0.1) is 0 Å². The number of hydrogen-bond acceptors (Lipinski definition) is 4. The molecule has 0 aliphatic carbocycles. The lowest BCUT2D eigenvalue weighted by molar-refractivity contribution is -0.119. The van der Waals surface area contributed by atoms with E-state index < -0.39 is 6.04 Å². The van der Waals surface area contributed by atoms with Gasteiger partial charge in [-0.05, 0) is 73.5 Å². The molecule has 1 aliphatic heterocycles. The van der Waals surface area contributed by atoms with Gasteiger partial charge in [0.15, 0.2) is 0 Å². The second-order valence-electron chi connectivity index (χ2n) is 7.44. The number of methoxy groups -OCH3 is 1. The van der Waals surface area contributed by atoms with E-state index in [0.29, 0.717) is 35.8 Å². The van der Waals surface area contributed by atoms with Crippen molar-refractivity contribution in [3.05, 3.63) is 78.9 Å². The van der Waals surface area contributed by atoms with Crippen molar-refractivity contribution >= 4 is 23.3 Å². The minimum atomic E-state index is -0.520. The molecule has 0 bridgehead atoms. The average Bonchev–Trinajstić information content (AvgIpc) is 3.32. The first kappa shape index (κ1) is 21.2. The Morgan fingerprint density at radius 2 is 1.41 bits per heavy atom. The van der Waals surface area contributed by atoms with Gasteiger partial charge in [0, 0.05) is 17.9 Å². The van der Waals surface area contributed by atoms with Crippen LogP contribution >= 0.6 is 0 Å². The minimum absolute atomic E-state index is 0.205. The topological polar surface area (TPSA) is 79.9 Å². The number of hydrogen-bond donors (Lipinski definition) is 2. The van der Waals surface area contributed by atoms with Crippen molar-refractivity contribution in [2.75, 3.05) is 24.3 Å². The summed E-state index contributed by atoms with van der Waals surface area (Å²) in [6, 6.07) is 22.9. The second-order valence-corrected chi connectivity index (χ2v) is 7.44. The third kappa shape index (κ3) is 5.18. The standard InChI is InChI=1S/C25H25N3O4/c1-31-20-13-9-19(10-14-20)27-25(30)28-17-5-8-23(28)24(29)26-18-11-15-22(16-12-18)32-21-6-3-2-4-7-21/h2-4,6-7,9-16,23H,5,8,17H2,1H3,(H,26,29)(H,27,30). The number of carbonyl (C=O) groups excluding carboxylic acids is 2. The van der Waals surface area contributed by atoms with Crippen LogP contribution in [0.2, 0.25) is 0 Å². The molecule has 32 heavy (non-hydrogen) atoms. The third-order valence-electron chi connectivity index (χ3n) is 5.26. The van der Waals surface area contributed by atoms with Gasteiger partial charge in [0.2, 0.25) is 5.91 Å². The number of likely N-dealkylation sites (tertiary alicyclic amines) is 1. The van der Waals surface area contributed by atoms with E-state index in [9.17, 15) is 9.59 Å². The number of ether oxygens (including phenoxy) is 2. The molecule has 1 saturated heterocycles. The zero-order valence-electron chi connectivity index (χ0n) is 17.8. The van der Waals surface area contributed by atoms with Crippen LogP contribution in [-0.4, -0.2) is 36.5 Å². The molecule has 7 nitrogen and oxygen atoms in total. The summed E-state index contributed by atoms with van der Waals surface area (Å²) in [6.07, 6.45) is 1.40. The molecular formula is C25H25N3O4. The van der Waals surface area contributed by atoms with Gasteiger partial charge < -0.3 is 25.0 Å². The predicted octanol–water partition coefficient (Wildman–Crippen LogP) is 5.12. The van der Waals surface area contributed by atoms with E-state index >= 15 is 0 Å². The lowest BCUT2D eigenvalue weighted by atomic mass is 10.2. The Morgan fingerprint density at radius 1 is 0.812 bits per heavy atom. The molecule has 3 aromatic carbocycles. The van der Waals surface area contributed by atoms with Crippen LogP contribution < -0.4 is 20.1 Å². The summed E-state index contributed by atoms with van der Waals surface area (Å²) in [4.78, 5) is 27.2. The number of anilines is 2. The molecule has 3 aromatic rings. The van der Waals surface area contributed by atoms with Crippen LogP contribution in [0.15, 0.2) is 78.9 Å². The number of benzene rings is 3. The minimum Gasteiger partial charge on any atom is -0.497 e. The maximum absolute atomic E-state index is 12.9. The predicted molar refractivity (Wildman–Crippen MR) is 123 cm³/mol. The highest BCUT2D eigenvalue weighted by molar-refractivity contribution is 5.99. The van der Waals surface area contributed by atoms with Gasteiger partial charge in [-0.25, -0.2) is 4.79 Å². The summed E-state index contributed by atoms with van der Waals surface area (Å²) in [6.45, 7) is 0.532. The highest BCUT2D eigenvalue weighted by Gasteiger charge is 2.34. The Bertz CT molecular complexity index is 1050. The van der Waals surface area contributed by atoms with Gasteiger partial charge in [-0.2, -0.15) is 0 Å². The zero-order valence-corrected chi connectivity index (χ0v) is 17.8. The van der Waals surface area contributed by atoms with E-state index in [2.05, 4.69) is 10.6 Å². The largest absolute Gasteiger partial charge is 0.497 e. The molecule has 0 saturated carbocycles. The molecule has 3 amide bonds. The molecule has 0 radical (unpaired) electrons. The van der Waals surface area contributed by atoms with E-state index in [1.54, 1.807) is 60.5 Å². The van der Waals surface area contributed by atoms with E-state index in [1.807, 2.05) is 30.3 Å². The first-order valence-corrected chi connectivity index (χ1v) is 10.5. The maximum Gasteiger partial charge on any atom is 0.322 e. The number of rotatable bonds is 6. The van der Waals surface area contributed by atoms with Gasteiger partial charge in [-0.1, -0.05) is 18.2 Å². The lowest BCUT2D eigenvalue weighted by Crippen LogP contribution is -2.45. The fourth-order valence-electron chi connectivity index (χ4n) is 3.61. The molecule has 2 N–H and O–H groups in total. The summed E-state index contributed by atoms with van der Waals surface area (Å²) in [5, 5.41) is 5.76. The smallest absolute Gasteiger partial charge is 0.322 e. The van der Waals surface area contributed by atoms with E-state index in [0.717, 1.165) is 12.2 Å². The third-order valence-corrected chi connectivity index (χ3v) is 5.26. The Labute approximate surface area is 187 Å². The van der Waals surface area contributed by atoms with Crippen molar-refractivity contribution in [3.63, 3.8) is 0 Å². The van der Waals surface area contributed by atoms with E-state index in [4.69, 9.17) is 9.47 Å². The number of amides is 3. The summed E-state index contributed by atoms with van der Waals surface area (Å²) in [7, 11) is 1.59. The molecule has 4 rings (SSSR count). The maximum atomic E-state index is 12.9. The van der Waals surface area contributed by atoms with Crippen LogP contribution in [0.25, 0.3) is 0 Å². The summed E-state index contributed by atoms with van der Waals surface area (Å²) >= 11 is 0. The molecule has 1 fully saturated rings. The Hall–Kier alpha value is -4.00. The normalized spacial score (nSPS) is 15.2. The number of urea groups is 1. The molecule has 164 valence electrons. The zero-order chi connectivity index (χ0) is 22.3. The first-order valence-electron chi connectivity index (χ1n) is 10.5. The van der Waals surface area contributed by atoms with Crippen molar-refractivity contribution in [3.8, 4) is 17.2 Å². The molecule has 0 spiro atoms. The molecule has 1 heterocycles. The van der Waals surface area contributed by atoms with E-state index in [-0.39, 0.29) is 11.9 Å². The van der Waals surface area contributed by atoms with E-state index in [1.165, 1.54) is 0 Å². The summed E-state index contributed by atoms with van der Waals surface area (Å²) in [5.74, 6) is 1.93. The van der Waals surface area contributed by atoms with Crippen molar-refractivity contribution in [2.24, 2.45) is 0 Å². The number of nitrogens with one attached hydrogen (secondary N) is 2. The van der Waals surface area contributed by atoms with Crippen molar-refractivity contribution in [2.45, 2.75) is 18.9 Å². The van der Waals surface area contributed by atoms with Crippen molar-refractivity contribution in [1.82, 2.24) is 4.90 Å². The van der Waals surface area contributed by atoms with Crippen LogP contribution in [0.1, 0.15) is 12.8 Å². The van der Waals surface area contributed by atoms with Gasteiger partial charge in [-0.3, -0.25) is 4.79 Å². The number of carbonyl (C=O) groups is 2. The second kappa shape index (κ2) is 9.87. The van der Waals surface area contributed by atoms with Crippen molar-refractivity contribution in [1.29, 1.82) is 0 Å². The van der Waals surface area contributed by atoms with Gasteiger partial charge >= 0.3 is 6.03 Å². The fraction of sp³-hybridized carbons (Fsp3) is 0.200. The molecule has 1 unspecified atom stereocenters. The average molecular weight is 431 g/mol. The summed E-state index contributed by atoms with van der Waals surface area (Å²) in [5.41, 5.74) is 1.30. The molecule has 0 aromatic heterocycles.